The van der Waals surface area contributed by atoms with Gasteiger partial charge in [-0.2, -0.15) is 5.26 Å². The molecule has 0 saturated heterocycles. The van der Waals surface area contributed by atoms with Crippen LogP contribution in [0.3, 0.4) is 0 Å². The van der Waals surface area contributed by atoms with E-state index in [0.717, 1.165) is 0 Å². The minimum absolute atomic E-state index is 0.209. The van der Waals surface area contributed by atoms with Gasteiger partial charge >= 0.3 is 5.97 Å². The number of nitrogens with zero attached hydrogens (tertiary/aromatic N) is 2. The molecule has 2 atom stereocenters. The molecule has 1 aliphatic rings. The monoisotopic (exact) mass is 262 g/mol. The van der Waals surface area contributed by atoms with Gasteiger partial charge in [-0.3, -0.25) is 9.59 Å². The number of carbonyl (C=O) groups excluding carboxylic acids is 1. The fraction of sp³-hybridized carbons (Fsp3) is 0.462. The summed E-state index contributed by atoms with van der Waals surface area (Å²) < 4.78 is 5.18. The molecule has 2 rings (SSSR count). The lowest BCUT2D eigenvalue weighted by molar-refractivity contribution is -0.142. The number of carboxylic acids is 1. The summed E-state index contributed by atoms with van der Waals surface area (Å²) in [5.41, 5.74) is 0. The maximum absolute atomic E-state index is 12.2. The van der Waals surface area contributed by atoms with Gasteiger partial charge in [-0.15, -0.1) is 0 Å². The number of aliphatic carboxylic acids is 1. The summed E-state index contributed by atoms with van der Waals surface area (Å²) in [7, 11) is 0. The minimum atomic E-state index is -0.934. The van der Waals surface area contributed by atoms with Crippen molar-refractivity contribution in [3.05, 3.63) is 24.2 Å². The molecule has 1 aromatic rings. The highest BCUT2D eigenvalue weighted by Gasteiger charge is 2.49. The average Bonchev–Trinajstić information content (AvgIpc) is 3.04. The van der Waals surface area contributed by atoms with E-state index in [2.05, 4.69) is 0 Å². The first-order valence-corrected chi connectivity index (χ1v) is 6.04. The first-order valence-electron chi connectivity index (χ1n) is 6.04. The van der Waals surface area contributed by atoms with Gasteiger partial charge in [-0.05, 0) is 18.6 Å². The summed E-state index contributed by atoms with van der Waals surface area (Å²) in [4.78, 5) is 24.4. The van der Waals surface area contributed by atoms with Crippen LogP contribution in [0.2, 0.25) is 0 Å². The Morgan fingerprint density at radius 1 is 1.53 bits per heavy atom. The molecule has 2 unspecified atom stereocenters. The quantitative estimate of drug-likeness (QED) is 0.832. The third-order valence-electron chi connectivity index (χ3n) is 3.16. The molecule has 1 fully saturated rings. The number of furan rings is 1. The van der Waals surface area contributed by atoms with Gasteiger partial charge in [0.05, 0.1) is 37.1 Å². The number of carbonyl (C=O) groups is 2. The second-order valence-electron chi connectivity index (χ2n) is 4.53. The Morgan fingerprint density at radius 2 is 2.32 bits per heavy atom. The Kier molecular flexibility index (Phi) is 3.85. The van der Waals surface area contributed by atoms with Crippen molar-refractivity contribution in [1.82, 2.24) is 4.90 Å². The van der Waals surface area contributed by atoms with Gasteiger partial charge in [-0.1, -0.05) is 0 Å². The summed E-state index contributed by atoms with van der Waals surface area (Å²) in [5.74, 6) is -1.55. The molecule has 0 bridgehead atoms. The summed E-state index contributed by atoms with van der Waals surface area (Å²) in [6, 6.07) is 5.45. The molecule has 0 radical (unpaired) electrons. The first kappa shape index (κ1) is 13.1. The SMILES string of the molecule is N#CCCN(Cc1ccco1)C(=O)C1CC1C(=O)O. The topological polar surface area (TPSA) is 94.5 Å². The van der Waals surface area contributed by atoms with Crippen molar-refractivity contribution in [3.8, 4) is 6.07 Å². The second kappa shape index (κ2) is 5.57. The molecule has 1 N–H and O–H groups in total. The molecule has 0 aliphatic heterocycles. The number of rotatable bonds is 6. The lowest BCUT2D eigenvalue weighted by Gasteiger charge is -2.20. The van der Waals surface area contributed by atoms with Gasteiger partial charge in [0.2, 0.25) is 5.91 Å². The van der Waals surface area contributed by atoms with E-state index in [1.165, 1.54) is 11.2 Å². The van der Waals surface area contributed by atoms with Crippen molar-refractivity contribution in [1.29, 1.82) is 5.26 Å². The number of nitriles is 1. The highest BCUT2D eigenvalue weighted by Crippen LogP contribution is 2.40. The smallest absolute Gasteiger partial charge is 0.307 e. The number of amides is 1. The van der Waals surface area contributed by atoms with Crippen LogP contribution in [-0.2, 0) is 16.1 Å². The molecule has 1 amide bonds. The summed E-state index contributed by atoms with van der Waals surface area (Å²) >= 11 is 0. The van der Waals surface area contributed by atoms with Gasteiger partial charge < -0.3 is 14.4 Å². The molecular weight excluding hydrogens is 248 g/mol. The predicted octanol–water partition coefficient (Wildman–Crippen LogP) is 1.24. The fourth-order valence-electron chi connectivity index (χ4n) is 2.02. The van der Waals surface area contributed by atoms with E-state index in [9.17, 15) is 9.59 Å². The van der Waals surface area contributed by atoms with E-state index < -0.39 is 17.8 Å². The molecular formula is C13H14N2O4. The molecule has 1 heterocycles. The van der Waals surface area contributed by atoms with Crippen LogP contribution in [0.4, 0.5) is 0 Å². The predicted molar refractivity (Wildman–Crippen MR) is 63.6 cm³/mol. The minimum Gasteiger partial charge on any atom is -0.481 e. The van der Waals surface area contributed by atoms with Crippen LogP contribution in [0.15, 0.2) is 22.8 Å². The Hall–Kier alpha value is -2.29. The molecule has 100 valence electrons. The zero-order chi connectivity index (χ0) is 13.8. The van der Waals surface area contributed by atoms with Crippen LogP contribution < -0.4 is 0 Å². The van der Waals surface area contributed by atoms with E-state index in [0.29, 0.717) is 18.7 Å². The Morgan fingerprint density at radius 3 is 2.84 bits per heavy atom. The summed E-state index contributed by atoms with van der Waals surface area (Å²) in [6.07, 6.45) is 2.12. The van der Waals surface area contributed by atoms with Gasteiger partial charge in [-0.25, -0.2) is 0 Å². The zero-order valence-electron chi connectivity index (χ0n) is 10.3. The highest BCUT2D eigenvalue weighted by molar-refractivity contribution is 5.89. The van der Waals surface area contributed by atoms with Crippen LogP contribution >= 0.6 is 0 Å². The maximum atomic E-state index is 12.2. The van der Waals surface area contributed by atoms with Crippen molar-refractivity contribution in [2.45, 2.75) is 19.4 Å². The molecule has 1 aliphatic carbocycles. The van der Waals surface area contributed by atoms with Crippen molar-refractivity contribution in [3.63, 3.8) is 0 Å². The van der Waals surface area contributed by atoms with Gasteiger partial charge in [0.1, 0.15) is 5.76 Å². The molecule has 0 spiro atoms. The van der Waals surface area contributed by atoms with Gasteiger partial charge in [0, 0.05) is 6.54 Å². The standard InChI is InChI=1S/C13H14N2O4/c14-4-2-5-15(8-9-3-1-6-19-9)12(16)10-7-11(10)13(17)18/h1,3,6,10-11H,2,5,7-8H2,(H,17,18). The lowest BCUT2D eigenvalue weighted by Crippen LogP contribution is -2.33. The summed E-state index contributed by atoms with van der Waals surface area (Å²) in [6.45, 7) is 0.565. The zero-order valence-corrected chi connectivity index (χ0v) is 10.3. The van der Waals surface area contributed by atoms with E-state index in [-0.39, 0.29) is 18.9 Å². The molecule has 1 aromatic heterocycles. The molecule has 6 nitrogen and oxygen atoms in total. The number of carboxylic acid groups (broad SMARTS) is 1. The van der Waals surface area contributed by atoms with Crippen molar-refractivity contribution < 1.29 is 19.1 Å². The number of hydrogen-bond donors (Lipinski definition) is 1. The molecule has 6 heteroatoms. The lowest BCUT2D eigenvalue weighted by atomic mass is 10.2. The number of hydrogen-bond acceptors (Lipinski definition) is 4. The Balaban J connectivity index is 1.99. The molecule has 1 saturated carbocycles. The third kappa shape index (κ3) is 3.13. The molecule has 0 aromatic carbocycles. The van der Waals surface area contributed by atoms with Gasteiger partial charge in [0.25, 0.3) is 0 Å². The average molecular weight is 262 g/mol. The van der Waals surface area contributed by atoms with Crippen LogP contribution in [0.1, 0.15) is 18.6 Å². The third-order valence-corrected chi connectivity index (χ3v) is 3.16. The van der Waals surface area contributed by atoms with Crippen molar-refractivity contribution in [2.24, 2.45) is 11.8 Å². The van der Waals surface area contributed by atoms with Crippen LogP contribution in [0.25, 0.3) is 0 Å². The van der Waals surface area contributed by atoms with E-state index in [4.69, 9.17) is 14.8 Å². The Bertz CT molecular complexity index is 503. The first-order chi connectivity index (χ1) is 9.13. The summed E-state index contributed by atoms with van der Waals surface area (Å²) in [5, 5.41) is 17.5. The largest absolute Gasteiger partial charge is 0.481 e. The van der Waals surface area contributed by atoms with E-state index >= 15 is 0 Å². The molecule has 19 heavy (non-hydrogen) atoms. The van der Waals surface area contributed by atoms with E-state index in [1.807, 2.05) is 6.07 Å². The van der Waals surface area contributed by atoms with Crippen molar-refractivity contribution in [2.75, 3.05) is 6.54 Å². The second-order valence-corrected chi connectivity index (χ2v) is 4.53. The fourth-order valence-corrected chi connectivity index (χ4v) is 2.02. The highest BCUT2D eigenvalue weighted by atomic mass is 16.4. The van der Waals surface area contributed by atoms with Gasteiger partial charge in [0.15, 0.2) is 0 Å². The van der Waals surface area contributed by atoms with Crippen LogP contribution in [0, 0.1) is 23.2 Å². The van der Waals surface area contributed by atoms with Crippen molar-refractivity contribution >= 4 is 11.9 Å². The van der Waals surface area contributed by atoms with E-state index in [1.54, 1.807) is 12.1 Å². The Labute approximate surface area is 110 Å². The van der Waals surface area contributed by atoms with Crippen LogP contribution in [-0.4, -0.2) is 28.4 Å². The normalized spacial score (nSPS) is 20.6. The van der Waals surface area contributed by atoms with Crippen LogP contribution in [0.5, 0.6) is 0 Å². The maximum Gasteiger partial charge on any atom is 0.307 e.